The van der Waals surface area contributed by atoms with Crippen LogP contribution in [0.4, 0.5) is 5.95 Å². The van der Waals surface area contributed by atoms with Crippen molar-refractivity contribution in [2.75, 3.05) is 5.32 Å². The van der Waals surface area contributed by atoms with Crippen LogP contribution in [0.1, 0.15) is 90.5 Å². The fourth-order valence-electron chi connectivity index (χ4n) is 7.81. The van der Waals surface area contributed by atoms with Crippen molar-refractivity contribution >= 4 is 35.3 Å². The standard InChI is InChI=1S/C40H45ClN8O4/c1-48-34(18-24-8-9-24)30(20-44-48)37-32(41)21-43-40(47-37)45-28-16-14-27(15-17-28)42-19-25-10-12-26(13-11-25)23-53-35-6-2-4-29-31(35)22-49(39(29)52)33-5-3-7-36(50)46-38(33)51/h2,4,6,10-13,20-21,24,27-28,33,42H,3,5,7-9,14-19,22-23H2,1H3,(H,43,45,47)(H,46,50,51)/t27?,28?,33-/m0/s1. The number of benzene rings is 2. The Morgan fingerprint density at radius 2 is 1.70 bits per heavy atom. The third kappa shape index (κ3) is 7.94. The SMILES string of the molecule is Cn1ncc(-c2nc(NC3CCC(NCc4ccc(COc5cccc6c5CN([C@H]5CCCC(=O)NC5=O)C6=O)cc4)CC3)ncc2Cl)c1CC1CC1. The molecule has 2 aliphatic heterocycles. The second kappa shape index (κ2) is 15.3. The third-order valence-electron chi connectivity index (χ3n) is 11.1. The highest BCUT2D eigenvalue weighted by Crippen LogP contribution is 2.37. The van der Waals surface area contributed by atoms with E-state index in [0.29, 0.717) is 53.8 Å². The first kappa shape index (κ1) is 35.2. The van der Waals surface area contributed by atoms with Crippen LogP contribution in [0.5, 0.6) is 5.75 Å². The van der Waals surface area contributed by atoms with E-state index in [-0.39, 0.29) is 24.8 Å². The van der Waals surface area contributed by atoms with Crippen LogP contribution in [0.15, 0.2) is 54.9 Å². The van der Waals surface area contributed by atoms with Crippen molar-refractivity contribution < 1.29 is 19.1 Å². The van der Waals surface area contributed by atoms with Crippen LogP contribution < -0.4 is 20.7 Å². The van der Waals surface area contributed by atoms with Crippen LogP contribution in [0, 0.1) is 5.92 Å². The summed E-state index contributed by atoms with van der Waals surface area (Å²) in [7, 11) is 1.98. The van der Waals surface area contributed by atoms with Gasteiger partial charge in [0.25, 0.3) is 5.91 Å². The van der Waals surface area contributed by atoms with Gasteiger partial charge in [-0.1, -0.05) is 41.9 Å². The summed E-state index contributed by atoms with van der Waals surface area (Å²) < 4.78 is 8.16. The molecule has 276 valence electrons. The lowest BCUT2D eigenvalue weighted by Crippen LogP contribution is -2.46. The van der Waals surface area contributed by atoms with E-state index in [1.807, 2.05) is 24.0 Å². The molecule has 53 heavy (non-hydrogen) atoms. The second-order valence-corrected chi connectivity index (χ2v) is 15.3. The number of hydrogen-bond donors (Lipinski definition) is 3. The fourth-order valence-corrected chi connectivity index (χ4v) is 8.00. The van der Waals surface area contributed by atoms with Gasteiger partial charge in [0, 0.05) is 54.5 Å². The molecule has 1 atom stereocenters. The minimum atomic E-state index is -0.664. The lowest BCUT2D eigenvalue weighted by atomic mass is 9.91. The number of amides is 3. The molecule has 3 fully saturated rings. The van der Waals surface area contributed by atoms with Gasteiger partial charge in [0.15, 0.2) is 0 Å². The number of halogens is 1. The van der Waals surface area contributed by atoms with Gasteiger partial charge in [-0.25, -0.2) is 9.97 Å². The molecule has 8 rings (SSSR count). The highest BCUT2D eigenvalue weighted by atomic mass is 35.5. The Hall–Kier alpha value is -4.81. The molecule has 0 spiro atoms. The first-order valence-corrected chi connectivity index (χ1v) is 19.2. The molecular formula is C40H45ClN8O4. The average Bonchev–Trinajstić information content (AvgIpc) is 3.87. The summed E-state index contributed by atoms with van der Waals surface area (Å²) in [5, 5.41) is 14.8. The van der Waals surface area contributed by atoms with E-state index in [4.69, 9.17) is 21.3 Å². The Bertz CT molecular complexity index is 2000. The Balaban J connectivity index is 0.802. The van der Waals surface area contributed by atoms with Gasteiger partial charge >= 0.3 is 0 Å². The molecule has 4 aliphatic rings. The summed E-state index contributed by atoms with van der Waals surface area (Å²) in [5.74, 6) is 1.07. The summed E-state index contributed by atoms with van der Waals surface area (Å²) >= 11 is 6.59. The predicted molar refractivity (Wildman–Crippen MR) is 200 cm³/mol. The molecular weight excluding hydrogens is 692 g/mol. The number of rotatable bonds is 12. The molecule has 4 aromatic rings. The Kier molecular flexibility index (Phi) is 10.2. The molecule has 2 aromatic carbocycles. The van der Waals surface area contributed by atoms with Crippen LogP contribution in [0.3, 0.4) is 0 Å². The summed E-state index contributed by atoms with van der Waals surface area (Å²) in [5.41, 5.74) is 6.47. The Morgan fingerprint density at radius 3 is 2.49 bits per heavy atom. The van der Waals surface area contributed by atoms with Crippen molar-refractivity contribution in [2.24, 2.45) is 13.0 Å². The van der Waals surface area contributed by atoms with Crippen molar-refractivity contribution in [3.63, 3.8) is 0 Å². The van der Waals surface area contributed by atoms with Gasteiger partial charge in [0.05, 0.1) is 29.7 Å². The largest absolute Gasteiger partial charge is 0.489 e. The molecule has 0 bridgehead atoms. The zero-order valence-corrected chi connectivity index (χ0v) is 30.7. The molecule has 3 N–H and O–H groups in total. The number of nitrogens with one attached hydrogen (secondary N) is 3. The van der Waals surface area contributed by atoms with Gasteiger partial charge < -0.3 is 20.3 Å². The zero-order chi connectivity index (χ0) is 36.5. The van der Waals surface area contributed by atoms with Crippen LogP contribution >= 0.6 is 11.6 Å². The monoisotopic (exact) mass is 736 g/mol. The molecule has 2 aromatic heterocycles. The number of hydrogen-bond acceptors (Lipinski definition) is 9. The molecule has 0 radical (unpaired) electrons. The van der Waals surface area contributed by atoms with E-state index in [1.165, 1.54) is 24.1 Å². The highest BCUT2D eigenvalue weighted by Gasteiger charge is 2.39. The first-order valence-electron chi connectivity index (χ1n) is 18.8. The summed E-state index contributed by atoms with van der Waals surface area (Å²) in [6.45, 7) is 1.42. The van der Waals surface area contributed by atoms with Crippen molar-refractivity contribution in [2.45, 2.75) is 102 Å². The minimum absolute atomic E-state index is 0.204. The fraction of sp³-hybridized carbons (Fsp3) is 0.450. The second-order valence-electron chi connectivity index (χ2n) is 14.9. The van der Waals surface area contributed by atoms with Crippen molar-refractivity contribution in [3.05, 3.63) is 87.8 Å². The smallest absolute Gasteiger partial charge is 0.255 e. The highest BCUT2D eigenvalue weighted by molar-refractivity contribution is 6.33. The van der Waals surface area contributed by atoms with Gasteiger partial charge in [-0.15, -0.1) is 0 Å². The Labute approximate surface area is 314 Å². The van der Waals surface area contributed by atoms with Gasteiger partial charge in [0.1, 0.15) is 18.4 Å². The molecule has 2 saturated carbocycles. The van der Waals surface area contributed by atoms with Crippen LogP contribution in [-0.4, -0.2) is 60.5 Å². The van der Waals surface area contributed by atoms with Gasteiger partial charge in [-0.05, 0) is 87.0 Å². The number of nitrogens with zero attached hydrogens (tertiary/aromatic N) is 5. The molecule has 3 amide bonds. The zero-order valence-electron chi connectivity index (χ0n) is 29.9. The number of carbonyl (C=O) groups is 3. The van der Waals surface area contributed by atoms with Crippen LogP contribution in [-0.2, 0) is 42.8 Å². The lowest BCUT2D eigenvalue weighted by Gasteiger charge is -2.30. The number of ether oxygens (including phenoxy) is 1. The summed E-state index contributed by atoms with van der Waals surface area (Å²) in [6.07, 6.45) is 12.6. The number of imide groups is 1. The quantitative estimate of drug-likeness (QED) is 0.156. The predicted octanol–water partition coefficient (Wildman–Crippen LogP) is 5.73. The molecule has 12 nitrogen and oxygen atoms in total. The van der Waals surface area contributed by atoms with Gasteiger partial charge in [-0.3, -0.25) is 24.4 Å². The maximum Gasteiger partial charge on any atom is 0.255 e. The molecule has 13 heteroatoms. The topological polar surface area (TPSA) is 143 Å². The molecule has 2 aliphatic carbocycles. The maximum atomic E-state index is 13.3. The van der Waals surface area contributed by atoms with E-state index in [2.05, 4.69) is 50.3 Å². The van der Waals surface area contributed by atoms with E-state index in [9.17, 15) is 14.4 Å². The summed E-state index contributed by atoms with van der Waals surface area (Å²) in [6, 6.07) is 13.9. The first-order chi connectivity index (χ1) is 25.8. The number of anilines is 1. The van der Waals surface area contributed by atoms with Crippen molar-refractivity contribution in [3.8, 4) is 17.0 Å². The third-order valence-corrected chi connectivity index (χ3v) is 11.4. The van der Waals surface area contributed by atoms with Crippen LogP contribution in [0.2, 0.25) is 5.02 Å². The molecule has 0 unspecified atom stereocenters. The van der Waals surface area contributed by atoms with Gasteiger partial charge in [-0.2, -0.15) is 5.10 Å². The van der Waals surface area contributed by atoms with E-state index < -0.39 is 11.9 Å². The number of fused-ring (bicyclic) bond motifs is 1. The van der Waals surface area contributed by atoms with E-state index in [0.717, 1.165) is 67.0 Å². The number of aromatic nitrogens is 4. The van der Waals surface area contributed by atoms with Gasteiger partial charge in [0.2, 0.25) is 17.8 Å². The van der Waals surface area contributed by atoms with E-state index in [1.54, 1.807) is 23.2 Å². The molecule has 4 heterocycles. The normalized spacial score (nSPS) is 21.7. The number of aryl methyl sites for hydroxylation is 1. The number of carbonyl (C=O) groups excluding carboxylic acids is 3. The lowest BCUT2D eigenvalue weighted by molar-refractivity contribution is -0.132. The van der Waals surface area contributed by atoms with E-state index >= 15 is 0 Å². The van der Waals surface area contributed by atoms with Crippen LogP contribution in [0.25, 0.3) is 11.3 Å². The minimum Gasteiger partial charge on any atom is -0.489 e. The average molecular weight is 737 g/mol. The van der Waals surface area contributed by atoms with Crippen molar-refractivity contribution in [1.29, 1.82) is 0 Å². The summed E-state index contributed by atoms with van der Waals surface area (Å²) in [4.78, 5) is 48.6. The van der Waals surface area contributed by atoms with Crippen molar-refractivity contribution in [1.82, 2.24) is 35.3 Å². The maximum absolute atomic E-state index is 13.3. The molecule has 1 saturated heterocycles. The Morgan fingerprint density at radius 1 is 0.925 bits per heavy atom.